The number of carbonyl (C=O) groups is 1. The first-order valence-corrected chi connectivity index (χ1v) is 6.11. The second kappa shape index (κ2) is 4.93. The molecule has 2 aromatic rings. The number of rotatable bonds is 2. The lowest BCUT2D eigenvalue weighted by molar-refractivity contribution is -0.137. The molecular formula is C12H12F3N3OS. The molecule has 1 aromatic carbocycles. The number of imidazole rings is 1. The van der Waals surface area contributed by atoms with E-state index in [4.69, 9.17) is 12.2 Å². The largest absolute Gasteiger partial charge is 0.416 e. The molecule has 1 N–H and O–H groups in total. The number of nitrogens with one attached hydrogen (secondary N) is 1. The first-order valence-electron chi connectivity index (χ1n) is 5.70. The van der Waals surface area contributed by atoms with Crippen LogP contribution >= 0.6 is 12.2 Å². The van der Waals surface area contributed by atoms with Crippen molar-refractivity contribution in [2.75, 3.05) is 14.1 Å². The van der Waals surface area contributed by atoms with Gasteiger partial charge in [-0.15, -0.1) is 0 Å². The van der Waals surface area contributed by atoms with Crippen LogP contribution in [0.25, 0.3) is 11.0 Å². The van der Waals surface area contributed by atoms with Crippen molar-refractivity contribution in [3.05, 3.63) is 28.5 Å². The molecule has 0 spiro atoms. The quantitative estimate of drug-likeness (QED) is 0.867. The van der Waals surface area contributed by atoms with Gasteiger partial charge in [-0.2, -0.15) is 13.2 Å². The number of halogens is 3. The Bertz CT molecular complexity index is 715. The van der Waals surface area contributed by atoms with Crippen molar-refractivity contribution >= 4 is 29.2 Å². The fourth-order valence-electron chi connectivity index (χ4n) is 1.77. The summed E-state index contributed by atoms with van der Waals surface area (Å²) in [5.74, 6) is -0.193. The molecule has 8 heteroatoms. The number of hydrogen-bond donors (Lipinski definition) is 1. The molecule has 20 heavy (non-hydrogen) atoms. The zero-order chi connectivity index (χ0) is 15.1. The Balaban J connectivity index is 2.51. The van der Waals surface area contributed by atoms with Crippen LogP contribution < -0.4 is 0 Å². The minimum absolute atomic E-state index is 0.0167. The summed E-state index contributed by atoms with van der Waals surface area (Å²) in [6, 6.07) is 3.27. The van der Waals surface area contributed by atoms with Gasteiger partial charge in [0.05, 0.1) is 16.6 Å². The van der Waals surface area contributed by atoms with E-state index >= 15 is 0 Å². The second-order valence-electron chi connectivity index (χ2n) is 4.53. The lowest BCUT2D eigenvalue weighted by atomic mass is 10.2. The Morgan fingerprint density at radius 2 is 2.05 bits per heavy atom. The minimum Gasteiger partial charge on any atom is -0.347 e. The molecule has 0 saturated heterocycles. The van der Waals surface area contributed by atoms with Crippen molar-refractivity contribution in [1.82, 2.24) is 14.5 Å². The van der Waals surface area contributed by atoms with Crippen molar-refractivity contribution in [2.45, 2.75) is 12.7 Å². The second-order valence-corrected chi connectivity index (χ2v) is 4.92. The molecule has 0 atom stereocenters. The summed E-state index contributed by atoms with van der Waals surface area (Å²) in [6.07, 6.45) is -4.41. The minimum atomic E-state index is -4.41. The predicted octanol–water partition coefficient (Wildman–Crippen LogP) is 2.81. The monoisotopic (exact) mass is 303 g/mol. The maximum atomic E-state index is 12.6. The average Bonchev–Trinajstić information content (AvgIpc) is 2.64. The van der Waals surface area contributed by atoms with Crippen LogP contribution in [0, 0.1) is 4.77 Å². The molecule has 0 aliphatic rings. The van der Waals surface area contributed by atoms with Crippen LogP contribution in [0.1, 0.15) is 5.56 Å². The van der Waals surface area contributed by atoms with Gasteiger partial charge < -0.3 is 14.5 Å². The molecule has 0 bridgehead atoms. The third kappa shape index (κ3) is 2.69. The van der Waals surface area contributed by atoms with Crippen LogP contribution in [0.5, 0.6) is 0 Å². The van der Waals surface area contributed by atoms with Gasteiger partial charge in [0.25, 0.3) is 0 Å². The first-order chi connectivity index (χ1) is 9.20. The number of carbonyl (C=O) groups excluding carboxylic acids is 1. The molecular weight excluding hydrogens is 291 g/mol. The van der Waals surface area contributed by atoms with E-state index in [9.17, 15) is 18.0 Å². The average molecular weight is 303 g/mol. The van der Waals surface area contributed by atoms with Gasteiger partial charge in [-0.3, -0.25) is 4.79 Å². The number of benzene rings is 1. The molecule has 0 unspecified atom stereocenters. The van der Waals surface area contributed by atoms with E-state index in [0.717, 1.165) is 12.1 Å². The number of alkyl halides is 3. The van der Waals surface area contributed by atoms with Crippen LogP contribution in [0.3, 0.4) is 0 Å². The van der Waals surface area contributed by atoms with E-state index in [1.807, 2.05) is 0 Å². The zero-order valence-electron chi connectivity index (χ0n) is 10.8. The highest BCUT2D eigenvalue weighted by molar-refractivity contribution is 7.71. The Morgan fingerprint density at radius 3 is 2.60 bits per heavy atom. The number of nitrogens with zero attached hydrogens (tertiary/aromatic N) is 2. The third-order valence-electron chi connectivity index (χ3n) is 2.89. The molecule has 0 aliphatic carbocycles. The number of likely N-dealkylation sites (N-methyl/N-ethyl adjacent to an activating group) is 1. The SMILES string of the molecule is CN(C)C(=O)Cn1c(=S)[nH]c2cc(C(F)(F)F)ccc21. The van der Waals surface area contributed by atoms with Gasteiger partial charge in [-0.1, -0.05) is 0 Å². The fourth-order valence-corrected chi connectivity index (χ4v) is 2.05. The standard InChI is InChI=1S/C12H12F3N3OS/c1-17(2)10(19)6-18-9-4-3-7(12(13,14)15)5-8(9)16-11(18)20/h3-5H,6H2,1-2H3,(H,16,20). The summed E-state index contributed by atoms with van der Waals surface area (Å²) in [5, 5.41) is 0. The van der Waals surface area contributed by atoms with Crippen LogP contribution in [0.15, 0.2) is 18.2 Å². The van der Waals surface area contributed by atoms with Crippen LogP contribution in [-0.2, 0) is 17.5 Å². The first kappa shape index (κ1) is 14.6. The number of hydrogen-bond acceptors (Lipinski definition) is 2. The lowest BCUT2D eigenvalue weighted by Gasteiger charge is -2.11. The molecule has 0 aliphatic heterocycles. The van der Waals surface area contributed by atoms with Crippen LogP contribution in [0.4, 0.5) is 13.2 Å². The summed E-state index contributed by atoms with van der Waals surface area (Å²) in [6.45, 7) is -0.0167. The molecule has 2 rings (SSSR count). The van der Waals surface area contributed by atoms with E-state index in [-0.39, 0.29) is 22.7 Å². The maximum Gasteiger partial charge on any atom is 0.416 e. The number of H-pyrrole nitrogens is 1. The molecule has 1 amide bonds. The summed E-state index contributed by atoms with van der Waals surface area (Å²) >= 11 is 5.05. The Hall–Kier alpha value is -1.83. The summed E-state index contributed by atoms with van der Waals surface area (Å²) < 4.78 is 39.6. The third-order valence-corrected chi connectivity index (χ3v) is 3.22. The molecule has 1 aromatic heterocycles. The molecule has 4 nitrogen and oxygen atoms in total. The Kier molecular flexibility index (Phi) is 3.59. The molecule has 1 heterocycles. The van der Waals surface area contributed by atoms with E-state index in [1.54, 1.807) is 14.1 Å². The van der Waals surface area contributed by atoms with Gasteiger partial charge in [0, 0.05) is 14.1 Å². The van der Waals surface area contributed by atoms with E-state index in [0.29, 0.717) is 5.52 Å². The highest BCUT2D eigenvalue weighted by Gasteiger charge is 2.30. The number of aromatic nitrogens is 2. The predicted molar refractivity (Wildman–Crippen MR) is 70.8 cm³/mol. The molecule has 0 fully saturated rings. The van der Waals surface area contributed by atoms with Crippen LogP contribution in [-0.4, -0.2) is 34.5 Å². The highest BCUT2D eigenvalue weighted by atomic mass is 32.1. The number of amides is 1. The summed E-state index contributed by atoms with van der Waals surface area (Å²) in [7, 11) is 3.20. The highest BCUT2D eigenvalue weighted by Crippen LogP contribution is 2.31. The lowest BCUT2D eigenvalue weighted by Crippen LogP contribution is -2.26. The van der Waals surface area contributed by atoms with Crippen molar-refractivity contribution in [3.63, 3.8) is 0 Å². The normalized spacial score (nSPS) is 11.8. The number of fused-ring (bicyclic) bond motifs is 1. The van der Waals surface area contributed by atoms with E-state index in [1.165, 1.54) is 15.5 Å². The van der Waals surface area contributed by atoms with Gasteiger partial charge in [-0.25, -0.2) is 0 Å². The van der Waals surface area contributed by atoms with E-state index < -0.39 is 11.7 Å². The van der Waals surface area contributed by atoms with Gasteiger partial charge in [0.15, 0.2) is 4.77 Å². The Labute approximate surface area is 117 Å². The fraction of sp³-hybridized carbons (Fsp3) is 0.333. The van der Waals surface area contributed by atoms with E-state index in [2.05, 4.69) is 4.98 Å². The topological polar surface area (TPSA) is 41.0 Å². The number of aromatic amines is 1. The van der Waals surface area contributed by atoms with Crippen molar-refractivity contribution in [2.24, 2.45) is 0 Å². The summed E-state index contributed by atoms with van der Waals surface area (Å²) in [5.41, 5.74) is -0.0260. The molecule has 0 saturated carbocycles. The van der Waals surface area contributed by atoms with Gasteiger partial charge in [0.1, 0.15) is 6.54 Å². The van der Waals surface area contributed by atoms with Crippen molar-refractivity contribution < 1.29 is 18.0 Å². The van der Waals surface area contributed by atoms with Gasteiger partial charge in [0.2, 0.25) is 5.91 Å². The smallest absolute Gasteiger partial charge is 0.347 e. The molecule has 108 valence electrons. The van der Waals surface area contributed by atoms with Gasteiger partial charge in [-0.05, 0) is 30.4 Å². The van der Waals surface area contributed by atoms with Crippen LogP contribution in [0.2, 0.25) is 0 Å². The van der Waals surface area contributed by atoms with Gasteiger partial charge >= 0.3 is 6.18 Å². The van der Waals surface area contributed by atoms with Crippen molar-refractivity contribution in [3.8, 4) is 0 Å². The Morgan fingerprint density at radius 1 is 1.40 bits per heavy atom. The maximum absolute atomic E-state index is 12.6. The zero-order valence-corrected chi connectivity index (χ0v) is 11.6. The molecule has 0 radical (unpaired) electrons. The summed E-state index contributed by atoms with van der Waals surface area (Å²) in [4.78, 5) is 15.8. The van der Waals surface area contributed by atoms with Crippen molar-refractivity contribution in [1.29, 1.82) is 0 Å².